The fourth-order valence-electron chi connectivity index (χ4n) is 3.98. The Kier molecular flexibility index (Phi) is 4.54. The van der Waals surface area contributed by atoms with Crippen LogP contribution in [0.5, 0.6) is 0 Å². The van der Waals surface area contributed by atoms with Gasteiger partial charge in [-0.3, -0.25) is 0 Å². The number of hydrogen-bond donors (Lipinski definition) is 0. The molecule has 0 amide bonds. The summed E-state index contributed by atoms with van der Waals surface area (Å²) in [5, 5.41) is 0.815. The summed E-state index contributed by atoms with van der Waals surface area (Å²) in [6.07, 6.45) is 12.1. The Morgan fingerprint density at radius 1 is 1.24 bits per heavy atom. The van der Waals surface area contributed by atoms with Crippen molar-refractivity contribution in [3.8, 4) is 0 Å². The minimum atomic E-state index is 0.511. The third kappa shape index (κ3) is 3.26. The fourth-order valence-corrected chi connectivity index (χ4v) is 4.20. The normalized spacial score (nSPS) is 19.8. The molecule has 1 fully saturated rings. The van der Waals surface area contributed by atoms with E-state index in [4.69, 9.17) is 11.6 Å². The maximum atomic E-state index is 6.27. The highest BCUT2D eigenvalue weighted by Crippen LogP contribution is 2.36. The van der Waals surface area contributed by atoms with Gasteiger partial charge in [0.1, 0.15) is 0 Å². The predicted octanol–water partition coefficient (Wildman–Crippen LogP) is 5.70. The number of imidazole rings is 1. The maximum absolute atomic E-state index is 6.27. The number of hydrogen-bond acceptors (Lipinski definition) is 1. The lowest BCUT2D eigenvalue weighted by atomic mass is 9.77. The molecule has 3 heteroatoms. The second kappa shape index (κ2) is 6.39. The van der Waals surface area contributed by atoms with Crippen LogP contribution in [0.1, 0.15) is 64.0 Å². The van der Waals surface area contributed by atoms with Crippen molar-refractivity contribution in [2.45, 2.75) is 58.3 Å². The van der Waals surface area contributed by atoms with Crippen LogP contribution in [-0.2, 0) is 0 Å². The van der Waals surface area contributed by atoms with Gasteiger partial charge in [0.05, 0.1) is 18.0 Å². The van der Waals surface area contributed by atoms with Crippen LogP contribution in [0.3, 0.4) is 0 Å². The molecule has 1 saturated carbocycles. The molecule has 114 valence electrons. The van der Waals surface area contributed by atoms with E-state index in [0.717, 1.165) is 22.4 Å². The highest BCUT2D eigenvalue weighted by atomic mass is 35.5. The molecule has 0 aromatic carbocycles. The third-order valence-corrected chi connectivity index (χ3v) is 5.42. The molecular weight excluding hydrogens is 280 g/mol. The molecule has 2 heterocycles. The molecule has 1 aliphatic rings. The van der Waals surface area contributed by atoms with Gasteiger partial charge < -0.3 is 4.40 Å². The summed E-state index contributed by atoms with van der Waals surface area (Å²) in [4.78, 5) is 4.26. The van der Waals surface area contributed by atoms with Gasteiger partial charge in [-0.2, -0.15) is 0 Å². The van der Waals surface area contributed by atoms with Crippen LogP contribution >= 0.6 is 11.6 Å². The summed E-state index contributed by atoms with van der Waals surface area (Å²) in [5.74, 6) is 2.22. The molecular formula is C18H25ClN2. The number of fused-ring (bicyclic) bond motifs is 1. The van der Waals surface area contributed by atoms with E-state index in [1.807, 2.05) is 18.6 Å². The number of aromatic nitrogens is 2. The molecule has 0 saturated heterocycles. The number of nitrogens with zero attached hydrogens (tertiary/aromatic N) is 2. The molecule has 1 aliphatic carbocycles. The van der Waals surface area contributed by atoms with E-state index >= 15 is 0 Å². The van der Waals surface area contributed by atoms with Crippen molar-refractivity contribution >= 4 is 17.1 Å². The average Bonchev–Trinajstić information content (AvgIpc) is 2.95. The first kappa shape index (κ1) is 14.9. The van der Waals surface area contributed by atoms with Gasteiger partial charge >= 0.3 is 0 Å². The lowest BCUT2D eigenvalue weighted by Crippen LogP contribution is -2.17. The second-order valence-corrected chi connectivity index (χ2v) is 7.24. The van der Waals surface area contributed by atoms with Crippen molar-refractivity contribution in [2.75, 3.05) is 0 Å². The number of rotatable bonds is 4. The molecule has 0 radical (unpaired) electrons. The summed E-state index contributed by atoms with van der Waals surface area (Å²) >= 11 is 6.27. The predicted molar refractivity (Wildman–Crippen MR) is 89.0 cm³/mol. The van der Waals surface area contributed by atoms with E-state index in [2.05, 4.69) is 29.3 Å². The van der Waals surface area contributed by atoms with Gasteiger partial charge in [-0.15, -0.1) is 0 Å². The van der Waals surface area contributed by atoms with Crippen LogP contribution in [-0.4, -0.2) is 9.38 Å². The van der Waals surface area contributed by atoms with Gasteiger partial charge in [-0.05, 0) is 36.3 Å². The smallest absolute Gasteiger partial charge is 0.0994 e. The van der Waals surface area contributed by atoms with Crippen LogP contribution < -0.4 is 0 Å². The molecule has 0 N–H and O–H groups in total. The highest BCUT2D eigenvalue weighted by molar-refractivity contribution is 6.31. The zero-order valence-electron chi connectivity index (χ0n) is 13.1. The molecule has 0 bridgehead atoms. The largest absolute Gasteiger partial charge is 0.303 e. The lowest BCUT2D eigenvalue weighted by Gasteiger charge is -2.29. The van der Waals surface area contributed by atoms with E-state index in [9.17, 15) is 0 Å². The molecule has 0 aliphatic heterocycles. The first-order chi connectivity index (χ1) is 10.1. The first-order valence-corrected chi connectivity index (χ1v) is 8.64. The molecule has 2 unspecified atom stereocenters. The molecule has 2 aromatic rings. The zero-order chi connectivity index (χ0) is 14.8. The van der Waals surface area contributed by atoms with Crippen LogP contribution in [0.2, 0.25) is 5.02 Å². The first-order valence-electron chi connectivity index (χ1n) is 8.26. The Morgan fingerprint density at radius 3 is 2.76 bits per heavy atom. The Balaban J connectivity index is 1.77. The van der Waals surface area contributed by atoms with E-state index in [1.54, 1.807) is 0 Å². The van der Waals surface area contributed by atoms with Crippen molar-refractivity contribution in [2.24, 2.45) is 11.8 Å². The van der Waals surface area contributed by atoms with Crippen molar-refractivity contribution < 1.29 is 0 Å². The Bertz CT molecular complexity index is 598. The molecule has 3 rings (SSSR count). The summed E-state index contributed by atoms with van der Waals surface area (Å²) in [7, 11) is 0. The Morgan fingerprint density at radius 2 is 2.00 bits per heavy atom. The van der Waals surface area contributed by atoms with Crippen molar-refractivity contribution in [1.82, 2.24) is 9.38 Å². The highest BCUT2D eigenvalue weighted by Gasteiger charge is 2.23. The van der Waals surface area contributed by atoms with Gasteiger partial charge in [0.15, 0.2) is 0 Å². The monoisotopic (exact) mass is 304 g/mol. The van der Waals surface area contributed by atoms with Crippen LogP contribution in [0.25, 0.3) is 5.52 Å². The molecule has 2 aromatic heterocycles. The van der Waals surface area contributed by atoms with E-state index in [1.165, 1.54) is 44.2 Å². The summed E-state index contributed by atoms with van der Waals surface area (Å²) in [6, 6.07) is 4.09. The van der Waals surface area contributed by atoms with Crippen molar-refractivity contribution in [1.29, 1.82) is 0 Å². The van der Waals surface area contributed by atoms with E-state index < -0.39 is 0 Å². The van der Waals surface area contributed by atoms with Gasteiger partial charge in [0.25, 0.3) is 0 Å². The van der Waals surface area contributed by atoms with Gasteiger partial charge in [-0.1, -0.05) is 57.6 Å². The Hall–Kier alpha value is -1.02. The van der Waals surface area contributed by atoms with Gasteiger partial charge in [0, 0.05) is 10.7 Å². The quantitative estimate of drug-likeness (QED) is 0.708. The molecule has 2 nitrogen and oxygen atoms in total. The molecule has 21 heavy (non-hydrogen) atoms. The summed E-state index contributed by atoms with van der Waals surface area (Å²) in [6.45, 7) is 4.76. The topological polar surface area (TPSA) is 17.3 Å². The van der Waals surface area contributed by atoms with Crippen LogP contribution in [0.4, 0.5) is 0 Å². The van der Waals surface area contributed by atoms with Crippen LogP contribution in [0.15, 0.2) is 24.7 Å². The minimum absolute atomic E-state index is 0.511. The van der Waals surface area contributed by atoms with Crippen molar-refractivity contribution in [3.63, 3.8) is 0 Å². The molecule has 0 spiro atoms. The SMILES string of the molecule is CC(CC(C)C1CCCCC1)c1cc(Cl)cc2cncn12. The third-order valence-electron chi connectivity index (χ3n) is 5.20. The average molecular weight is 305 g/mol. The van der Waals surface area contributed by atoms with Gasteiger partial charge in [0.2, 0.25) is 0 Å². The zero-order valence-corrected chi connectivity index (χ0v) is 13.8. The summed E-state index contributed by atoms with van der Waals surface area (Å²) < 4.78 is 2.18. The number of halogens is 1. The van der Waals surface area contributed by atoms with E-state index in [0.29, 0.717) is 5.92 Å². The van der Waals surface area contributed by atoms with Crippen LogP contribution in [0, 0.1) is 11.8 Å². The maximum Gasteiger partial charge on any atom is 0.0994 e. The Labute approximate surface area is 132 Å². The fraction of sp³-hybridized carbons (Fsp3) is 0.611. The number of pyridine rings is 1. The van der Waals surface area contributed by atoms with Crippen molar-refractivity contribution in [3.05, 3.63) is 35.4 Å². The van der Waals surface area contributed by atoms with E-state index in [-0.39, 0.29) is 0 Å². The minimum Gasteiger partial charge on any atom is -0.303 e. The molecule has 2 atom stereocenters. The summed E-state index contributed by atoms with van der Waals surface area (Å²) in [5.41, 5.74) is 2.38. The standard InChI is InChI=1S/C18H25ClN2/c1-13(15-6-4-3-5-7-15)8-14(2)18-10-16(19)9-17-11-20-12-21(17)18/h9-15H,3-8H2,1-2H3. The second-order valence-electron chi connectivity index (χ2n) is 6.80. The van der Waals surface area contributed by atoms with Gasteiger partial charge in [-0.25, -0.2) is 4.98 Å². The lowest BCUT2D eigenvalue weighted by molar-refractivity contribution is 0.243.